The van der Waals surface area contributed by atoms with Crippen LogP contribution in [0.4, 0.5) is 0 Å². The van der Waals surface area contributed by atoms with Gasteiger partial charge in [-0.2, -0.15) is 0 Å². The Hall–Kier alpha value is -0.850. The van der Waals surface area contributed by atoms with Crippen molar-refractivity contribution in [3.05, 3.63) is 0 Å². The Labute approximate surface area is 151 Å². The van der Waals surface area contributed by atoms with E-state index in [0.717, 1.165) is 45.2 Å². The molecule has 0 radical (unpaired) electrons. The lowest BCUT2D eigenvalue weighted by Gasteiger charge is -2.38. The highest BCUT2D eigenvalue weighted by atomic mass is 35.5. The van der Waals surface area contributed by atoms with Crippen molar-refractivity contribution in [3.63, 3.8) is 0 Å². The molecule has 2 atom stereocenters. The molecule has 0 spiro atoms. The lowest BCUT2D eigenvalue weighted by atomic mass is 9.96. The molecular weight excluding hydrogens is 328 g/mol. The van der Waals surface area contributed by atoms with Crippen molar-refractivity contribution in [1.82, 2.24) is 15.1 Å². The molecule has 0 saturated carbocycles. The van der Waals surface area contributed by atoms with Crippen molar-refractivity contribution in [2.45, 2.75) is 51.5 Å². The van der Waals surface area contributed by atoms with E-state index in [-0.39, 0.29) is 30.1 Å². The molecule has 2 saturated heterocycles. The van der Waals surface area contributed by atoms with Gasteiger partial charge >= 0.3 is 0 Å². The van der Waals surface area contributed by atoms with Crippen molar-refractivity contribution in [1.29, 1.82) is 0 Å². The van der Waals surface area contributed by atoms with Crippen LogP contribution in [0.5, 0.6) is 0 Å². The van der Waals surface area contributed by atoms with Crippen LogP contribution in [0.15, 0.2) is 0 Å². The number of rotatable bonds is 6. The van der Waals surface area contributed by atoms with E-state index in [4.69, 9.17) is 5.73 Å². The van der Waals surface area contributed by atoms with Gasteiger partial charge in [0.05, 0.1) is 12.5 Å². The fraction of sp³-hybridized carbons (Fsp3) is 0.882. The zero-order chi connectivity index (χ0) is 16.7. The lowest BCUT2D eigenvalue weighted by Crippen LogP contribution is -2.50. The third-order valence-electron chi connectivity index (χ3n) is 5.10. The summed E-state index contributed by atoms with van der Waals surface area (Å²) >= 11 is 0. The summed E-state index contributed by atoms with van der Waals surface area (Å²) in [4.78, 5) is 29.0. The highest BCUT2D eigenvalue weighted by Gasteiger charge is 2.30. The second-order valence-corrected chi connectivity index (χ2v) is 6.80. The second-order valence-electron chi connectivity index (χ2n) is 6.80. The van der Waals surface area contributed by atoms with E-state index < -0.39 is 0 Å². The molecule has 2 unspecified atom stereocenters. The predicted octanol–water partition coefficient (Wildman–Crippen LogP) is 0.986. The summed E-state index contributed by atoms with van der Waals surface area (Å²) in [5.74, 6) is 0.308. The normalized spacial score (nSPS) is 25.0. The van der Waals surface area contributed by atoms with Gasteiger partial charge in [0.1, 0.15) is 0 Å². The maximum Gasteiger partial charge on any atom is 0.236 e. The highest BCUT2D eigenvalue weighted by Crippen LogP contribution is 2.21. The molecule has 0 aromatic rings. The first-order valence-corrected chi connectivity index (χ1v) is 9.15. The average Bonchev–Trinajstić information content (AvgIpc) is 2.59. The summed E-state index contributed by atoms with van der Waals surface area (Å²) in [7, 11) is 0. The lowest BCUT2D eigenvalue weighted by molar-refractivity contribution is -0.137. The Morgan fingerprint density at radius 1 is 1.17 bits per heavy atom. The van der Waals surface area contributed by atoms with E-state index in [0.29, 0.717) is 32.2 Å². The number of nitrogens with one attached hydrogen (secondary N) is 1. The first-order chi connectivity index (χ1) is 11.2. The number of hydrogen-bond acceptors (Lipinski definition) is 4. The minimum Gasteiger partial charge on any atom is -0.355 e. The van der Waals surface area contributed by atoms with Crippen LogP contribution in [-0.2, 0) is 9.59 Å². The topological polar surface area (TPSA) is 78.7 Å². The van der Waals surface area contributed by atoms with Crippen molar-refractivity contribution in [2.24, 2.45) is 11.7 Å². The fourth-order valence-corrected chi connectivity index (χ4v) is 3.79. The molecule has 2 amide bonds. The molecule has 24 heavy (non-hydrogen) atoms. The number of likely N-dealkylation sites (tertiary alicyclic amines) is 2. The SMILES string of the molecule is CCC1CCCCN1C(=O)CN1CCCC(C(=O)NCCN)C1.Cl. The van der Waals surface area contributed by atoms with Gasteiger partial charge in [0.25, 0.3) is 0 Å². The number of nitrogens with zero attached hydrogens (tertiary/aromatic N) is 2. The van der Waals surface area contributed by atoms with Gasteiger partial charge in [0, 0.05) is 32.2 Å². The number of carbonyl (C=O) groups excluding carboxylic acids is 2. The van der Waals surface area contributed by atoms with Gasteiger partial charge < -0.3 is 16.0 Å². The monoisotopic (exact) mass is 360 g/mol. The van der Waals surface area contributed by atoms with E-state index in [2.05, 4.69) is 22.0 Å². The van der Waals surface area contributed by atoms with Crippen molar-refractivity contribution in [2.75, 3.05) is 39.3 Å². The van der Waals surface area contributed by atoms with Gasteiger partial charge in [-0.25, -0.2) is 0 Å². The third kappa shape index (κ3) is 5.90. The molecule has 6 nitrogen and oxygen atoms in total. The molecule has 0 bridgehead atoms. The zero-order valence-corrected chi connectivity index (χ0v) is 15.7. The molecule has 3 N–H and O–H groups in total. The van der Waals surface area contributed by atoms with Crippen LogP contribution in [0.3, 0.4) is 0 Å². The predicted molar refractivity (Wildman–Crippen MR) is 98.1 cm³/mol. The van der Waals surface area contributed by atoms with Crippen LogP contribution in [0, 0.1) is 5.92 Å². The Morgan fingerprint density at radius 2 is 1.96 bits per heavy atom. The summed E-state index contributed by atoms with van der Waals surface area (Å²) in [6.45, 7) is 6.11. The summed E-state index contributed by atoms with van der Waals surface area (Å²) < 4.78 is 0. The molecular formula is C17H33ClN4O2. The maximum absolute atomic E-state index is 12.7. The Balaban J connectivity index is 0.00000288. The molecule has 0 aromatic heterocycles. The molecule has 0 aromatic carbocycles. The first-order valence-electron chi connectivity index (χ1n) is 9.15. The highest BCUT2D eigenvalue weighted by molar-refractivity contribution is 5.85. The van der Waals surface area contributed by atoms with E-state index in [1.807, 2.05) is 0 Å². The van der Waals surface area contributed by atoms with Crippen molar-refractivity contribution < 1.29 is 9.59 Å². The summed E-state index contributed by atoms with van der Waals surface area (Å²) in [5.41, 5.74) is 5.43. The van der Waals surface area contributed by atoms with Gasteiger partial charge in [0.2, 0.25) is 11.8 Å². The molecule has 2 rings (SSSR count). The van der Waals surface area contributed by atoms with Gasteiger partial charge in [-0.15, -0.1) is 12.4 Å². The third-order valence-corrected chi connectivity index (χ3v) is 5.10. The van der Waals surface area contributed by atoms with Crippen molar-refractivity contribution in [3.8, 4) is 0 Å². The van der Waals surface area contributed by atoms with Crippen LogP contribution >= 0.6 is 12.4 Å². The molecule has 2 aliphatic heterocycles. The average molecular weight is 361 g/mol. The first kappa shape index (κ1) is 21.2. The summed E-state index contributed by atoms with van der Waals surface area (Å²) in [6, 6.07) is 0.407. The molecule has 2 fully saturated rings. The molecule has 0 aliphatic carbocycles. The minimum atomic E-state index is -0.00794. The standard InChI is InChI=1S/C17H32N4O2.ClH/c1-2-15-7-3-4-11-21(15)16(22)13-20-10-5-6-14(12-20)17(23)19-9-8-18;/h14-15H,2-13,18H2,1H3,(H,19,23);1H. The van der Waals surface area contributed by atoms with Gasteiger partial charge in [-0.05, 0) is 45.1 Å². The van der Waals surface area contributed by atoms with Crippen LogP contribution in [0.2, 0.25) is 0 Å². The quantitative estimate of drug-likeness (QED) is 0.740. The number of piperidine rings is 2. The molecule has 140 valence electrons. The number of halogens is 1. The Bertz CT molecular complexity index is 408. The van der Waals surface area contributed by atoms with E-state index in [1.165, 1.54) is 6.42 Å². The van der Waals surface area contributed by atoms with Gasteiger partial charge in [-0.1, -0.05) is 6.92 Å². The van der Waals surface area contributed by atoms with Crippen molar-refractivity contribution >= 4 is 24.2 Å². The number of amides is 2. The number of hydrogen-bond donors (Lipinski definition) is 2. The molecule has 7 heteroatoms. The Kier molecular flexibility index (Phi) is 9.63. The van der Waals surface area contributed by atoms with Crippen LogP contribution in [0.25, 0.3) is 0 Å². The van der Waals surface area contributed by atoms with Crippen LogP contribution < -0.4 is 11.1 Å². The zero-order valence-electron chi connectivity index (χ0n) is 14.8. The Morgan fingerprint density at radius 3 is 2.67 bits per heavy atom. The van der Waals surface area contributed by atoms with E-state index in [9.17, 15) is 9.59 Å². The second kappa shape index (κ2) is 10.9. The van der Waals surface area contributed by atoms with Crippen LogP contribution in [-0.4, -0.2) is 66.9 Å². The van der Waals surface area contributed by atoms with Gasteiger partial charge in [0.15, 0.2) is 0 Å². The number of carbonyl (C=O) groups is 2. The van der Waals surface area contributed by atoms with E-state index >= 15 is 0 Å². The van der Waals surface area contributed by atoms with Gasteiger partial charge in [-0.3, -0.25) is 14.5 Å². The molecule has 2 heterocycles. The smallest absolute Gasteiger partial charge is 0.236 e. The van der Waals surface area contributed by atoms with Crippen LogP contribution in [0.1, 0.15) is 45.4 Å². The summed E-state index contributed by atoms with van der Waals surface area (Å²) in [6.07, 6.45) is 6.40. The summed E-state index contributed by atoms with van der Waals surface area (Å²) in [5, 5.41) is 2.87. The fourth-order valence-electron chi connectivity index (χ4n) is 3.79. The van der Waals surface area contributed by atoms with E-state index in [1.54, 1.807) is 0 Å². The largest absolute Gasteiger partial charge is 0.355 e. The number of nitrogens with two attached hydrogens (primary N) is 1. The molecule has 2 aliphatic rings. The maximum atomic E-state index is 12.7. The minimum absolute atomic E-state index is 0.